The Bertz CT molecular complexity index is 587. The van der Waals surface area contributed by atoms with Gasteiger partial charge in [-0.1, -0.05) is 0 Å². The molecule has 0 aliphatic carbocycles. The fourth-order valence-corrected chi connectivity index (χ4v) is 2.31. The maximum Gasteiger partial charge on any atom is 0.166 e. The Morgan fingerprint density at radius 1 is 1.19 bits per heavy atom. The summed E-state index contributed by atoms with van der Waals surface area (Å²) in [7, 11) is 0. The van der Waals surface area contributed by atoms with Crippen LogP contribution in [0.4, 0.5) is 10.1 Å². The van der Waals surface area contributed by atoms with Gasteiger partial charge < -0.3 is 15.0 Å². The van der Waals surface area contributed by atoms with Crippen molar-refractivity contribution in [3.8, 4) is 5.75 Å². The molecule has 0 atom stereocenters. The van der Waals surface area contributed by atoms with Gasteiger partial charge in [0.15, 0.2) is 5.82 Å². The second kappa shape index (κ2) is 6.49. The second-order valence-corrected chi connectivity index (χ2v) is 4.80. The summed E-state index contributed by atoms with van der Waals surface area (Å²) in [5.74, 6) is 1.01. The monoisotopic (exact) mass is 288 g/mol. The average Bonchev–Trinajstić information content (AvgIpc) is 2.55. The Hall–Kier alpha value is -2.21. The quantitative estimate of drug-likeness (QED) is 0.926. The summed E-state index contributed by atoms with van der Waals surface area (Å²) in [6.45, 7) is 3.71. The van der Waals surface area contributed by atoms with Crippen LogP contribution in [0, 0.1) is 5.82 Å². The molecule has 1 aliphatic rings. The minimum atomic E-state index is -0.258. The van der Waals surface area contributed by atoms with E-state index in [-0.39, 0.29) is 12.4 Å². The highest BCUT2D eigenvalue weighted by molar-refractivity contribution is 5.59. The minimum absolute atomic E-state index is 0.258. The van der Waals surface area contributed by atoms with Crippen LogP contribution in [0.15, 0.2) is 36.7 Å². The van der Waals surface area contributed by atoms with Crippen LogP contribution in [0.1, 0.15) is 5.82 Å². The first kappa shape index (κ1) is 13.8. The maximum absolute atomic E-state index is 13.5. The second-order valence-electron chi connectivity index (χ2n) is 4.80. The summed E-state index contributed by atoms with van der Waals surface area (Å²) in [6.07, 6.45) is 3.35. The van der Waals surface area contributed by atoms with Crippen molar-refractivity contribution in [2.45, 2.75) is 6.61 Å². The number of nitrogens with one attached hydrogen (secondary N) is 1. The van der Waals surface area contributed by atoms with Crippen LogP contribution < -0.4 is 15.0 Å². The summed E-state index contributed by atoms with van der Waals surface area (Å²) < 4.78 is 19.3. The lowest BCUT2D eigenvalue weighted by molar-refractivity contribution is 0.295. The number of hydrogen-bond acceptors (Lipinski definition) is 5. The zero-order valence-corrected chi connectivity index (χ0v) is 11.6. The summed E-state index contributed by atoms with van der Waals surface area (Å²) in [6, 6.07) is 6.35. The minimum Gasteiger partial charge on any atom is -0.483 e. The highest BCUT2D eigenvalue weighted by atomic mass is 19.1. The predicted octanol–water partition coefficient (Wildman–Crippen LogP) is 1.60. The number of hydrogen-bond donors (Lipinski definition) is 1. The third-order valence-electron chi connectivity index (χ3n) is 3.35. The number of benzene rings is 1. The lowest BCUT2D eigenvalue weighted by Gasteiger charge is -2.30. The molecule has 0 saturated carbocycles. The van der Waals surface area contributed by atoms with Crippen LogP contribution in [-0.4, -0.2) is 36.1 Å². The number of aromatic nitrogens is 2. The van der Waals surface area contributed by atoms with Gasteiger partial charge in [0.2, 0.25) is 0 Å². The first-order chi connectivity index (χ1) is 10.3. The van der Waals surface area contributed by atoms with Crippen molar-refractivity contribution in [3.05, 3.63) is 48.3 Å². The van der Waals surface area contributed by atoms with Crippen LogP contribution in [0.3, 0.4) is 0 Å². The van der Waals surface area contributed by atoms with Gasteiger partial charge in [-0.25, -0.2) is 14.4 Å². The smallest absolute Gasteiger partial charge is 0.166 e. The van der Waals surface area contributed by atoms with Crippen molar-refractivity contribution in [1.82, 2.24) is 15.3 Å². The van der Waals surface area contributed by atoms with Gasteiger partial charge in [0, 0.05) is 44.6 Å². The molecule has 0 spiro atoms. The molecule has 1 N–H and O–H groups in total. The van der Waals surface area contributed by atoms with Gasteiger partial charge in [-0.15, -0.1) is 0 Å². The standard InChI is InChI=1S/C15H17FN4O/c16-12-2-3-14(21-11-15-18-4-1-5-19-15)13(10-12)20-8-6-17-7-9-20/h1-5,10,17H,6-9,11H2. The maximum atomic E-state index is 13.5. The highest BCUT2D eigenvalue weighted by Crippen LogP contribution is 2.30. The molecule has 0 unspecified atom stereocenters. The summed E-state index contributed by atoms with van der Waals surface area (Å²) in [5.41, 5.74) is 0.785. The molecule has 1 aliphatic heterocycles. The molecule has 6 heteroatoms. The van der Waals surface area contributed by atoms with Crippen LogP contribution >= 0.6 is 0 Å². The Balaban J connectivity index is 1.77. The molecule has 3 rings (SSSR count). The lowest BCUT2D eigenvalue weighted by atomic mass is 10.2. The number of halogens is 1. The number of anilines is 1. The zero-order valence-electron chi connectivity index (χ0n) is 11.6. The van der Waals surface area contributed by atoms with E-state index in [9.17, 15) is 4.39 Å². The molecule has 110 valence electrons. The van der Waals surface area contributed by atoms with Crippen molar-refractivity contribution in [2.75, 3.05) is 31.1 Å². The zero-order chi connectivity index (χ0) is 14.5. The largest absolute Gasteiger partial charge is 0.483 e. The normalized spacial score (nSPS) is 15.0. The molecule has 0 radical (unpaired) electrons. The van der Waals surface area contributed by atoms with Crippen LogP contribution in [0.25, 0.3) is 0 Å². The SMILES string of the molecule is Fc1ccc(OCc2ncccn2)c(N2CCNCC2)c1. The molecule has 21 heavy (non-hydrogen) atoms. The Morgan fingerprint density at radius 2 is 1.95 bits per heavy atom. The molecule has 2 aromatic rings. The van der Waals surface area contributed by atoms with E-state index in [1.165, 1.54) is 12.1 Å². The van der Waals surface area contributed by atoms with E-state index >= 15 is 0 Å². The van der Waals surface area contributed by atoms with Gasteiger partial charge in [-0.3, -0.25) is 0 Å². The Kier molecular flexibility index (Phi) is 4.25. The molecule has 1 saturated heterocycles. The van der Waals surface area contributed by atoms with Crippen LogP contribution in [-0.2, 0) is 6.61 Å². The highest BCUT2D eigenvalue weighted by Gasteiger charge is 2.16. The molecule has 1 aromatic carbocycles. The van der Waals surface area contributed by atoms with Crippen LogP contribution in [0.2, 0.25) is 0 Å². The van der Waals surface area contributed by atoms with Gasteiger partial charge in [0.25, 0.3) is 0 Å². The number of rotatable bonds is 4. The third-order valence-corrected chi connectivity index (χ3v) is 3.35. The van der Waals surface area contributed by atoms with E-state index in [4.69, 9.17) is 4.74 Å². The molecule has 5 nitrogen and oxygen atoms in total. The summed E-state index contributed by atoms with van der Waals surface area (Å²) >= 11 is 0. The summed E-state index contributed by atoms with van der Waals surface area (Å²) in [5, 5.41) is 3.28. The van der Waals surface area contributed by atoms with Gasteiger partial charge in [0.1, 0.15) is 18.2 Å². The molecule has 2 heterocycles. The molecule has 0 amide bonds. The van der Waals surface area contributed by atoms with E-state index in [0.717, 1.165) is 31.9 Å². The van der Waals surface area contributed by atoms with E-state index in [2.05, 4.69) is 20.2 Å². The van der Waals surface area contributed by atoms with Gasteiger partial charge >= 0.3 is 0 Å². The molecule has 0 bridgehead atoms. The molecular formula is C15H17FN4O. The number of nitrogens with zero attached hydrogens (tertiary/aromatic N) is 3. The average molecular weight is 288 g/mol. The van der Waals surface area contributed by atoms with E-state index in [0.29, 0.717) is 11.6 Å². The van der Waals surface area contributed by atoms with Crippen molar-refractivity contribution < 1.29 is 9.13 Å². The first-order valence-electron chi connectivity index (χ1n) is 6.97. The fourth-order valence-electron chi connectivity index (χ4n) is 2.31. The van der Waals surface area contributed by atoms with E-state index in [1.807, 2.05) is 0 Å². The van der Waals surface area contributed by atoms with Crippen molar-refractivity contribution in [1.29, 1.82) is 0 Å². The van der Waals surface area contributed by atoms with Crippen LogP contribution in [0.5, 0.6) is 5.75 Å². The third kappa shape index (κ3) is 3.46. The number of piperazine rings is 1. The lowest BCUT2D eigenvalue weighted by Crippen LogP contribution is -2.43. The van der Waals surface area contributed by atoms with Crippen molar-refractivity contribution >= 4 is 5.69 Å². The van der Waals surface area contributed by atoms with Crippen molar-refractivity contribution in [3.63, 3.8) is 0 Å². The molecule has 1 aromatic heterocycles. The Labute approximate surface area is 122 Å². The van der Waals surface area contributed by atoms with Crippen molar-refractivity contribution in [2.24, 2.45) is 0 Å². The topological polar surface area (TPSA) is 50.3 Å². The summed E-state index contributed by atoms with van der Waals surface area (Å²) in [4.78, 5) is 10.4. The predicted molar refractivity (Wildman–Crippen MR) is 77.8 cm³/mol. The van der Waals surface area contributed by atoms with Gasteiger partial charge in [-0.05, 0) is 18.2 Å². The molecule has 1 fully saturated rings. The Morgan fingerprint density at radius 3 is 2.71 bits per heavy atom. The fraction of sp³-hybridized carbons (Fsp3) is 0.333. The van der Waals surface area contributed by atoms with E-state index < -0.39 is 0 Å². The first-order valence-corrected chi connectivity index (χ1v) is 6.97. The molecular weight excluding hydrogens is 271 g/mol. The van der Waals surface area contributed by atoms with Gasteiger partial charge in [0.05, 0.1) is 5.69 Å². The number of ether oxygens (including phenoxy) is 1. The van der Waals surface area contributed by atoms with E-state index in [1.54, 1.807) is 24.5 Å². The van der Waals surface area contributed by atoms with Gasteiger partial charge in [-0.2, -0.15) is 0 Å².